The minimum Gasteiger partial charge on any atom is -0.508 e. The van der Waals surface area contributed by atoms with Gasteiger partial charge in [0.25, 0.3) is 0 Å². The average molecular weight is 139 g/mol. The van der Waals surface area contributed by atoms with Gasteiger partial charge in [-0.1, -0.05) is 6.90 Å². The second kappa shape index (κ2) is 2.60. The lowest BCUT2D eigenvalue weighted by Gasteiger charge is -2.00. The number of hydrogen-bond acceptors (Lipinski definition) is 2. The standard InChI is InChI=1S/C8H11NO/c1-2-6-5-7(9)3-4-8(6)10/h3-5,10H,2,9H2,1H3/i1D,2D. The first kappa shape index (κ1) is 4.61. The van der Waals surface area contributed by atoms with Crippen LogP contribution in [0.4, 0.5) is 5.69 Å². The van der Waals surface area contributed by atoms with Crippen molar-refractivity contribution in [3.63, 3.8) is 0 Å². The molecule has 0 spiro atoms. The van der Waals surface area contributed by atoms with Gasteiger partial charge in [0.2, 0.25) is 0 Å². The van der Waals surface area contributed by atoms with E-state index in [9.17, 15) is 5.11 Å². The van der Waals surface area contributed by atoms with Crippen LogP contribution >= 0.6 is 0 Å². The van der Waals surface area contributed by atoms with Crippen molar-refractivity contribution in [2.24, 2.45) is 0 Å². The molecule has 0 aromatic heterocycles. The van der Waals surface area contributed by atoms with E-state index in [4.69, 9.17) is 8.48 Å². The van der Waals surface area contributed by atoms with Crippen LogP contribution in [0.3, 0.4) is 0 Å². The third kappa shape index (κ3) is 1.21. The Morgan fingerprint density at radius 3 is 3.30 bits per heavy atom. The first-order chi connectivity index (χ1) is 5.65. The summed E-state index contributed by atoms with van der Waals surface area (Å²) in [5.74, 6) is 0.0384. The molecule has 1 rings (SSSR count). The van der Waals surface area contributed by atoms with Gasteiger partial charge < -0.3 is 10.8 Å². The van der Waals surface area contributed by atoms with Crippen LogP contribution in [0.25, 0.3) is 0 Å². The fourth-order valence-electron chi connectivity index (χ4n) is 0.736. The highest BCUT2D eigenvalue weighted by atomic mass is 16.3. The van der Waals surface area contributed by atoms with E-state index < -0.39 is 6.40 Å². The topological polar surface area (TPSA) is 46.2 Å². The summed E-state index contributed by atoms with van der Waals surface area (Å²) in [5, 5.41) is 9.28. The van der Waals surface area contributed by atoms with Crippen LogP contribution in [0.5, 0.6) is 5.75 Å². The fourth-order valence-corrected chi connectivity index (χ4v) is 0.736. The van der Waals surface area contributed by atoms with E-state index in [1.165, 1.54) is 12.1 Å². The minimum atomic E-state index is -0.714. The number of nitrogen functional groups attached to an aromatic ring is 1. The van der Waals surface area contributed by atoms with Gasteiger partial charge in [0, 0.05) is 8.43 Å². The number of aryl methyl sites for hydroxylation is 1. The predicted molar refractivity (Wildman–Crippen MR) is 41.9 cm³/mol. The van der Waals surface area contributed by atoms with Crippen molar-refractivity contribution in [1.82, 2.24) is 0 Å². The maximum Gasteiger partial charge on any atom is 0.118 e. The lowest BCUT2D eigenvalue weighted by molar-refractivity contribution is 0.469. The summed E-state index contributed by atoms with van der Waals surface area (Å²) in [6.45, 7) is -0.0724. The van der Waals surface area contributed by atoms with Gasteiger partial charge in [-0.25, -0.2) is 0 Å². The van der Waals surface area contributed by atoms with Crippen molar-refractivity contribution in [2.75, 3.05) is 5.73 Å². The van der Waals surface area contributed by atoms with Crippen molar-refractivity contribution < 1.29 is 7.85 Å². The van der Waals surface area contributed by atoms with E-state index in [1.54, 1.807) is 6.07 Å². The zero-order valence-corrected chi connectivity index (χ0v) is 5.54. The summed E-state index contributed by atoms with van der Waals surface area (Å²) in [7, 11) is 0. The number of rotatable bonds is 1. The number of anilines is 1. The monoisotopic (exact) mass is 139 g/mol. The summed E-state index contributed by atoms with van der Waals surface area (Å²) < 4.78 is 14.4. The molecule has 0 aliphatic heterocycles. The molecule has 10 heavy (non-hydrogen) atoms. The highest BCUT2D eigenvalue weighted by Gasteiger charge is 1.96. The molecular weight excluding hydrogens is 126 g/mol. The average Bonchev–Trinajstić information content (AvgIpc) is 2.08. The molecule has 1 atom stereocenters. The maximum absolute atomic E-state index is 9.28. The number of phenols is 1. The Balaban J connectivity index is 3.04. The second-order valence-corrected chi connectivity index (χ2v) is 2.02. The van der Waals surface area contributed by atoms with E-state index in [2.05, 4.69) is 0 Å². The molecule has 2 heteroatoms. The number of nitrogens with two attached hydrogens (primary N) is 1. The molecule has 0 fully saturated rings. The zero-order valence-electron chi connectivity index (χ0n) is 7.54. The van der Waals surface area contributed by atoms with Crippen molar-refractivity contribution >= 4 is 5.69 Å². The van der Waals surface area contributed by atoms with Gasteiger partial charge >= 0.3 is 0 Å². The quantitative estimate of drug-likeness (QED) is 0.458. The van der Waals surface area contributed by atoms with Crippen molar-refractivity contribution in [3.05, 3.63) is 23.8 Å². The number of benzene rings is 1. The Hall–Kier alpha value is -1.18. The van der Waals surface area contributed by atoms with Crippen molar-refractivity contribution in [1.29, 1.82) is 0 Å². The Morgan fingerprint density at radius 2 is 2.60 bits per heavy atom. The molecule has 0 bridgehead atoms. The molecule has 0 aliphatic carbocycles. The largest absolute Gasteiger partial charge is 0.508 e. The van der Waals surface area contributed by atoms with Gasteiger partial charge in [0.1, 0.15) is 5.75 Å². The van der Waals surface area contributed by atoms with Crippen LogP contribution < -0.4 is 5.73 Å². The Morgan fingerprint density at radius 1 is 1.80 bits per heavy atom. The van der Waals surface area contributed by atoms with Gasteiger partial charge in [0.15, 0.2) is 0 Å². The van der Waals surface area contributed by atoms with Crippen molar-refractivity contribution in [2.45, 2.75) is 13.3 Å². The molecular formula is C8H11NO. The van der Waals surface area contributed by atoms with Gasteiger partial charge in [0.05, 0.1) is 0 Å². The van der Waals surface area contributed by atoms with Crippen LogP contribution in [0.1, 0.15) is 15.2 Å². The van der Waals surface area contributed by atoms with E-state index in [0.717, 1.165) is 0 Å². The predicted octanol–water partition coefficient (Wildman–Crippen LogP) is 1.54. The molecule has 0 heterocycles. The first-order valence-corrected chi connectivity index (χ1v) is 2.95. The number of hydrogen-bond donors (Lipinski definition) is 2. The van der Waals surface area contributed by atoms with Gasteiger partial charge in [-0.05, 0) is 30.2 Å². The molecule has 2 nitrogen and oxygen atoms in total. The Kier molecular flexibility index (Phi) is 1.20. The second-order valence-electron chi connectivity index (χ2n) is 2.02. The summed E-state index contributed by atoms with van der Waals surface area (Å²) >= 11 is 0. The summed E-state index contributed by atoms with van der Waals surface area (Å²) in [6.07, 6.45) is -0.714. The smallest absolute Gasteiger partial charge is 0.118 e. The van der Waals surface area contributed by atoms with E-state index in [-0.39, 0.29) is 12.6 Å². The first-order valence-electron chi connectivity index (χ1n) is 4.23. The summed E-state index contributed by atoms with van der Waals surface area (Å²) in [4.78, 5) is 0. The number of aromatic hydroxyl groups is 1. The lowest BCUT2D eigenvalue weighted by Crippen LogP contribution is -1.87. The summed E-state index contributed by atoms with van der Waals surface area (Å²) in [5.41, 5.74) is 6.39. The highest BCUT2D eigenvalue weighted by Crippen LogP contribution is 2.19. The van der Waals surface area contributed by atoms with Gasteiger partial charge in [-0.3, -0.25) is 0 Å². The Bertz CT molecular complexity index is 278. The van der Waals surface area contributed by atoms with Crippen molar-refractivity contribution in [3.8, 4) is 5.75 Å². The van der Waals surface area contributed by atoms with Crippen LogP contribution in [0.2, 0.25) is 0 Å². The zero-order chi connectivity index (χ0) is 9.14. The third-order valence-corrected chi connectivity index (χ3v) is 1.27. The molecule has 1 aromatic carbocycles. The number of phenolic OH excluding ortho intramolecular Hbond substituents is 1. The van der Waals surface area contributed by atoms with E-state index >= 15 is 0 Å². The minimum absolute atomic E-state index is 0.0384. The normalized spacial score (nSPS) is 15.6. The highest BCUT2D eigenvalue weighted by molar-refractivity contribution is 5.47. The Labute approximate surface area is 63.1 Å². The molecule has 0 aliphatic rings. The van der Waals surface area contributed by atoms with E-state index in [1.807, 2.05) is 0 Å². The van der Waals surface area contributed by atoms with E-state index in [0.29, 0.717) is 11.3 Å². The molecule has 0 saturated carbocycles. The molecule has 0 radical (unpaired) electrons. The van der Waals surface area contributed by atoms with Crippen LogP contribution in [0, 0.1) is 0 Å². The molecule has 3 N–H and O–H groups in total. The third-order valence-electron chi connectivity index (χ3n) is 1.27. The van der Waals surface area contributed by atoms with Gasteiger partial charge in [-0.15, -0.1) is 0 Å². The SMILES string of the molecule is [2H]CC([2H])c1cc(N)ccc1O. The molecule has 0 amide bonds. The van der Waals surface area contributed by atoms with Crippen LogP contribution in [0.15, 0.2) is 18.2 Å². The lowest BCUT2D eigenvalue weighted by atomic mass is 10.1. The molecule has 0 saturated heterocycles. The molecule has 54 valence electrons. The molecule has 1 aromatic rings. The fraction of sp³-hybridized carbons (Fsp3) is 0.250. The maximum atomic E-state index is 9.28. The van der Waals surface area contributed by atoms with Crippen LogP contribution in [-0.4, -0.2) is 5.11 Å². The van der Waals surface area contributed by atoms with Crippen LogP contribution in [-0.2, 0) is 6.40 Å². The molecule has 1 unspecified atom stereocenters. The van der Waals surface area contributed by atoms with Gasteiger partial charge in [-0.2, -0.15) is 0 Å². The summed E-state index contributed by atoms with van der Waals surface area (Å²) in [6, 6.07) is 4.54.